The summed E-state index contributed by atoms with van der Waals surface area (Å²) >= 11 is 2.48. The van der Waals surface area contributed by atoms with E-state index in [1.165, 1.54) is 47.2 Å². The second-order valence-electron chi connectivity index (χ2n) is 6.47. The predicted molar refractivity (Wildman–Crippen MR) is 110 cm³/mol. The number of rotatable bonds is 6. The molecule has 0 aliphatic heterocycles. The van der Waals surface area contributed by atoms with Gasteiger partial charge in [0.25, 0.3) is 5.91 Å². The molecule has 1 aromatic carbocycles. The van der Waals surface area contributed by atoms with Gasteiger partial charge in [-0.15, -0.1) is 10.2 Å². The molecule has 1 aliphatic rings. The molecular weight excluding hydrogens is 396 g/mol. The van der Waals surface area contributed by atoms with E-state index in [4.69, 9.17) is 4.74 Å². The Labute approximate surface area is 170 Å². The van der Waals surface area contributed by atoms with E-state index in [1.54, 1.807) is 6.92 Å². The lowest BCUT2D eigenvalue weighted by atomic mass is 9.95. The Bertz CT molecular complexity index is 1030. The number of thioether (sulfide) groups is 1. The molecule has 28 heavy (non-hydrogen) atoms. The predicted octanol–water partition coefficient (Wildman–Crippen LogP) is 3.81. The number of nitrogens with zero attached hydrogens (tertiary/aromatic N) is 2. The monoisotopic (exact) mass is 416 g/mol. The standard InChI is InChI=1S/C19H20N4O3S2/c1-2-26-16(24)10-27-19-23-22-18(28-19)21-17(25)11-7-8-15-13(9-11)12-5-3-4-6-14(12)20-15/h7-9,20H,2-6,10H2,1H3,(H,21,22,25). The lowest BCUT2D eigenvalue weighted by molar-refractivity contribution is -0.139. The Morgan fingerprint density at radius 2 is 2.14 bits per heavy atom. The van der Waals surface area contributed by atoms with Crippen LogP contribution in [0.3, 0.4) is 0 Å². The van der Waals surface area contributed by atoms with Gasteiger partial charge >= 0.3 is 5.97 Å². The van der Waals surface area contributed by atoms with E-state index in [2.05, 4.69) is 20.5 Å². The van der Waals surface area contributed by atoms with Crippen molar-refractivity contribution in [1.29, 1.82) is 0 Å². The normalized spacial score (nSPS) is 13.3. The quantitative estimate of drug-likeness (QED) is 0.360. The minimum Gasteiger partial charge on any atom is -0.465 e. The molecule has 0 fully saturated rings. The van der Waals surface area contributed by atoms with Crippen LogP contribution in [0.2, 0.25) is 0 Å². The molecule has 7 nitrogen and oxygen atoms in total. The summed E-state index contributed by atoms with van der Waals surface area (Å²) in [6, 6.07) is 5.73. The van der Waals surface area contributed by atoms with Gasteiger partial charge in [-0.25, -0.2) is 0 Å². The molecule has 1 aliphatic carbocycles. The Morgan fingerprint density at radius 1 is 1.29 bits per heavy atom. The van der Waals surface area contributed by atoms with Gasteiger partial charge in [-0.1, -0.05) is 23.1 Å². The first-order valence-corrected chi connectivity index (χ1v) is 11.0. The zero-order chi connectivity index (χ0) is 19.5. The lowest BCUT2D eigenvalue weighted by Gasteiger charge is -2.10. The summed E-state index contributed by atoms with van der Waals surface area (Å²) in [7, 11) is 0. The zero-order valence-electron chi connectivity index (χ0n) is 15.4. The Kier molecular flexibility index (Phi) is 5.63. The first-order chi connectivity index (χ1) is 13.6. The highest BCUT2D eigenvalue weighted by atomic mass is 32.2. The summed E-state index contributed by atoms with van der Waals surface area (Å²) in [5, 5.41) is 12.3. The number of carbonyl (C=O) groups is 2. The number of hydrogen-bond acceptors (Lipinski definition) is 7. The van der Waals surface area contributed by atoms with Crippen molar-refractivity contribution >= 4 is 51.0 Å². The average Bonchev–Trinajstić information content (AvgIpc) is 3.30. The van der Waals surface area contributed by atoms with Crippen LogP contribution in [0.5, 0.6) is 0 Å². The number of ether oxygens (including phenoxy) is 1. The summed E-state index contributed by atoms with van der Waals surface area (Å²) in [6.45, 7) is 2.12. The number of nitrogens with one attached hydrogen (secondary N) is 2. The second kappa shape index (κ2) is 8.32. The van der Waals surface area contributed by atoms with Crippen LogP contribution in [0.1, 0.15) is 41.4 Å². The second-order valence-corrected chi connectivity index (χ2v) is 8.67. The van der Waals surface area contributed by atoms with Crippen LogP contribution < -0.4 is 5.32 Å². The van der Waals surface area contributed by atoms with Crippen molar-refractivity contribution < 1.29 is 14.3 Å². The summed E-state index contributed by atoms with van der Waals surface area (Å²) in [5.74, 6) is -0.340. The fourth-order valence-corrected chi connectivity index (χ4v) is 4.90. The smallest absolute Gasteiger partial charge is 0.316 e. The van der Waals surface area contributed by atoms with Crippen LogP contribution in [0.15, 0.2) is 22.5 Å². The van der Waals surface area contributed by atoms with Gasteiger partial charge in [0.05, 0.1) is 12.4 Å². The maximum absolute atomic E-state index is 12.6. The molecule has 0 bridgehead atoms. The van der Waals surface area contributed by atoms with Crippen molar-refractivity contribution in [3.05, 3.63) is 35.0 Å². The van der Waals surface area contributed by atoms with E-state index < -0.39 is 0 Å². The zero-order valence-corrected chi connectivity index (χ0v) is 17.0. The van der Waals surface area contributed by atoms with Gasteiger partial charge in [0, 0.05) is 22.2 Å². The third-order valence-electron chi connectivity index (χ3n) is 4.61. The molecule has 1 amide bonds. The SMILES string of the molecule is CCOC(=O)CSc1nnc(NC(=O)c2ccc3[nH]c4c(c3c2)CCCC4)s1. The Hall–Kier alpha value is -2.39. The fourth-order valence-electron chi connectivity index (χ4n) is 3.36. The molecule has 0 saturated heterocycles. The van der Waals surface area contributed by atoms with E-state index >= 15 is 0 Å². The highest BCUT2D eigenvalue weighted by Crippen LogP contribution is 2.30. The number of fused-ring (bicyclic) bond motifs is 3. The van der Waals surface area contributed by atoms with Crippen molar-refractivity contribution in [3.63, 3.8) is 0 Å². The number of aromatic amines is 1. The van der Waals surface area contributed by atoms with Gasteiger partial charge in [0.1, 0.15) is 0 Å². The molecule has 2 N–H and O–H groups in total. The highest BCUT2D eigenvalue weighted by molar-refractivity contribution is 8.01. The highest BCUT2D eigenvalue weighted by Gasteiger charge is 2.17. The molecule has 146 valence electrons. The summed E-state index contributed by atoms with van der Waals surface area (Å²) in [5.41, 5.74) is 4.31. The number of amides is 1. The maximum atomic E-state index is 12.6. The molecular formula is C19H20N4O3S2. The van der Waals surface area contributed by atoms with E-state index in [0.717, 1.165) is 23.7 Å². The van der Waals surface area contributed by atoms with Gasteiger partial charge in [-0.3, -0.25) is 14.9 Å². The van der Waals surface area contributed by atoms with E-state index in [9.17, 15) is 9.59 Å². The van der Waals surface area contributed by atoms with E-state index in [0.29, 0.717) is 21.6 Å². The van der Waals surface area contributed by atoms with Crippen molar-refractivity contribution in [2.75, 3.05) is 17.7 Å². The van der Waals surface area contributed by atoms with Gasteiger partial charge in [0.15, 0.2) is 4.34 Å². The minimum atomic E-state index is -0.295. The average molecular weight is 417 g/mol. The Morgan fingerprint density at radius 3 is 3.00 bits per heavy atom. The number of esters is 1. The number of hydrogen-bond donors (Lipinski definition) is 2. The number of carbonyl (C=O) groups excluding carboxylic acids is 2. The largest absolute Gasteiger partial charge is 0.465 e. The number of anilines is 1. The van der Waals surface area contributed by atoms with Crippen molar-refractivity contribution in [2.45, 2.75) is 36.9 Å². The van der Waals surface area contributed by atoms with Crippen molar-refractivity contribution in [3.8, 4) is 0 Å². The molecule has 2 heterocycles. The van der Waals surface area contributed by atoms with E-state index in [1.807, 2.05) is 18.2 Å². The number of benzene rings is 1. The van der Waals surface area contributed by atoms with Gasteiger partial charge in [-0.2, -0.15) is 0 Å². The summed E-state index contributed by atoms with van der Waals surface area (Å²) < 4.78 is 5.49. The number of aromatic nitrogens is 3. The molecule has 0 spiro atoms. The third-order valence-corrected chi connectivity index (χ3v) is 6.55. The van der Waals surface area contributed by atoms with Crippen LogP contribution in [-0.4, -0.2) is 39.4 Å². The molecule has 0 unspecified atom stereocenters. The molecule has 0 atom stereocenters. The maximum Gasteiger partial charge on any atom is 0.316 e. The van der Waals surface area contributed by atoms with Crippen LogP contribution in [0, 0.1) is 0 Å². The van der Waals surface area contributed by atoms with Crippen LogP contribution in [0.4, 0.5) is 5.13 Å². The lowest BCUT2D eigenvalue weighted by Crippen LogP contribution is -2.11. The van der Waals surface area contributed by atoms with Crippen LogP contribution in [-0.2, 0) is 22.4 Å². The topological polar surface area (TPSA) is 97.0 Å². The Balaban J connectivity index is 1.44. The first kappa shape index (κ1) is 18.9. The fraction of sp³-hybridized carbons (Fsp3) is 0.368. The molecule has 0 saturated carbocycles. The number of H-pyrrole nitrogens is 1. The van der Waals surface area contributed by atoms with E-state index in [-0.39, 0.29) is 17.6 Å². The molecule has 4 rings (SSSR count). The van der Waals surface area contributed by atoms with Gasteiger partial charge in [-0.05, 0) is 56.4 Å². The van der Waals surface area contributed by atoms with Crippen LogP contribution >= 0.6 is 23.1 Å². The molecule has 2 aromatic heterocycles. The van der Waals surface area contributed by atoms with Gasteiger partial charge < -0.3 is 9.72 Å². The third kappa shape index (κ3) is 4.05. The summed E-state index contributed by atoms with van der Waals surface area (Å²) in [4.78, 5) is 27.5. The number of aryl methyl sites for hydroxylation is 2. The first-order valence-electron chi connectivity index (χ1n) is 9.21. The van der Waals surface area contributed by atoms with Gasteiger partial charge in [0.2, 0.25) is 5.13 Å². The van der Waals surface area contributed by atoms with Crippen LogP contribution in [0.25, 0.3) is 10.9 Å². The molecule has 0 radical (unpaired) electrons. The minimum absolute atomic E-state index is 0.172. The summed E-state index contributed by atoms with van der Waals surface area (Å²) in [6.07, 6.45) is 4.52. The molecule has 9 heteroatoms. The molecule has 3 aromatic rings. The van der Waals surface area contributed by atoms with Crippen molar-refractivity contribution in [1.82, 2.24) is 15.2 Å². The van der Waals surface area contributed by atoms with Crippen molar-refractivity contribution in [2.24, 2.45) is 0 Å².